The third-order valence-corrected chi connectivity index (χ3v) is 1.59. The van der Waals surface area contributed by atoms with Gasteiger partial charge in [-0.25, -0.2) is 0 Å². The molecular weight excluding hydrogens is 128 g/mol. The molecule has 0 fully saturated rings. The molecule has 3 heteroatoms. The largest absolute Gasteiger partial charge is 0.377 e. The molecule has 3 N–H and O–H groups in total. The van der Waals surface area contributed by atoms with Crippen molar-refractivity contribution in [3.8, 4) is 0 Å². The molecule has 0 saturated heterocycles. The van der Waals surface area contributed by atoms with Crippen molar-refractivity contribution in [3.63, 3.8) is 0 Å². The first-order valence-electron chi connectivity index (χ1n) is 3.28. The molecule has 1 rings (SSSR count). The van der Waals surface area contributed by atoms with Gasteiger partial charge < -0.3 is 15.4 Å². The number of aliphatic hydroxyl groups excluding tert-OH is 1. The van der Waals surface area contributed by atoms with Gasteiger partial charge in [-0.2, -0.15) is 0 Å². The minimum Gasteiger partial charge on any atom is -0.377 e. The van der Waals surface area contributed by atoms with Crippen LogP contribution in [-0.2, 0) is 0 Å². The highest BCUT2D eigenvalue weighted by Crippen LogP contribution is 2.06. The first kappa shape index (κ1) is 7.31. The maximum atomic E-state index is 8.95. The lowest BCUT2D eigenvalue weighted by Gasteiger charge is -2.15. The van der Waals surface area contributed by atoms with E-state index in [4.69, 9.17) is 10.8 Å². The molecule has 0 aliphatic carbocycles. The molecule has 1 aromatic rings. The first-order valence-corrected chi connectivity index (χ1v) is 3.28. The van der Waals surface area contributed by atoms with Crippen molar-refractivity contribution in [2.75, 3.05) is 0 Å². The Bertz CT molecular complexity index is 181. The zero-order valence-electron chi connectivity index (χ0n) is 5.94. The van der Waals surface area contributed by atoms with Crippen LogP contribution in [0, 0.1) is 0 Å². The molecule has 0 radical (unpaired) electrons. The van der Waals surface area contributed by atoms with E-state index >= 15 is 0 Å². The van der Waals surface area contributed by atoms with E-state index in [-0.39, 0.29) is 6.04 Å². The molecule has 56 valence electrons. The maximum absolute atomic E-state index is 8.95. The van der Waals surface area contributed by atoms with Crippen LogP contribution in [0.2, 0.25) is 0 Å². The molecule has 1 heterocycles. The van der Waals surface area contributed by atoms with Crippen LogP contribution in [0.3, 0.4) is 0 Å². The van der Waals surface area contributed by atoms with Crippen molar-refractivity contribution >= 4 is 0 Å². The van der Waals surface area contributed by atoms with E-state index in [1.165, 1.54) is 0 Å². The fraction of sp³-hybridized carbons (Fsp3) is 0.429. The van der Waals surface area contributed by atoms with Gasteiger partial charge in [0.15, 0.2) is 0 Å². The molecular formula is C7H12N2O. The number of nitrogens with two attached hydrogens (primary N) is 1. The predicted molar refractivity (Wildman–Crippen MR) is 39.3 cm³/mol. The maximum Gasteiger partial charge on any atom is 0.123 e. The van der Waals surface area contributed by atoms with Gasteiger partial charge in [0.05, 0.1) is 6.04 Å². The molecule has 0 spiro atoms. The topological polar surface area (TPSA) is 51.2 Å². The Balaban J connectivity index is 2.68. The molecule has 0 amide bonds. The first-order chi connectivity index (χ1) is 4.72. The van der Waals surface area contributed by atoms with Crippen LogP contribution >= 0.6 is 0 Å². The van der Waals surface area contributed by atoms with E-state index in [1.54, 1.807) is 0 Å². The summed E-state index contributed by atoms with van der Waals surface area (Å²) >= 11 is 0. The Labute approximate surface area is 60.1 Å². The second kappa shape index (κ2) is 2.86. The van der Waals surface area contributed by atoms with E-state index in [2.05, 4.69) is 0 Å². The quantitative estimate of drug-likeness (QED) is 0.581. The van der Waals surface area contributed by atoms with Gasteiger partial charge in [-0.15, -0.1) is 0 Å². The number of hydrogen-bond donors (Lipinski definition) is 2. The van der Waals surface area contributed by atoms with Crippen LogP contribution in [0.5, 0.6) is 0 Å². The summed E-state index contributed by atoms with van der Waals surface area (Å²) in [4.78, 5) is 0. The van der Waals surface area contributed by atoms with Crippen LogP contribution in [0.1, 0.15) is 13.0 Å². The molecule has 2 unspecified atom stereocenters. The number of aliphatic hydroxyl groups is 1. The van der Waals surface area contributed by atoms with Crippen LogP contribution in [0.4, 0.5) is 0 Å². The fourth-order valence-corrected chi connectivity index (χ4v) is 0.796. The minimum atomic E-state index is -0.785. The molecule has 3 nitrogen and oxygen atoms in total. The lowest BCUT2D eigenvalue weighted by Crippen LogP contribution is -2.29. The van der Waals surface area contributed by atoms with Gasteiger partial charge in [0, 0.05) is 12.4 Å². The minimum absolute atomic E-state index is 0.0463. The summed E-state index contributed by atoms with van der Waals surface area (Å²) < 4.78 is 1.87. The van der Waals surface area contributed by atoms with Gasteiger partial charge in [0.25, 0.3) is 0 Å². The van der Waals surface area contributed by atoms with Crippen LogP contribution in [0.25, 0.3) is 0 Å². The Hall–Kier alpha value is -0.800. The Morgan fingerprint density at radius 2 is 1.90 bits per heavy atom. The summed E-state index contributed by atoms with van der Waals surface area (Å²) in [5.74, 6) is 0. The van der Waals surface area contributed by atoms with Crippen LogP contribution in [0.15, 0.2) is 24.5 Å². The van der Waals surface area contributed by atoms with Gasteiger partial charge in [0.1, 0.15) is 6.23 Å². The number of hydrogen-bond acceptors (Lipinski definition) is 2. The van der Waals surface area contributed by atoms with Gasteiger partial charge in [0.2, 0.25) is 0 Å². The molecule has 0 aromatic carbocycles. The van der Waals surface area contributed by atoms with E-state index < -0.39 is 6.23 Å². The normalized spacial score (nSPS) is 16.7. The molecule has 0 bridgehead atoms. The Morgan fingerprint density at radius 3 is 2.30 bits per heavy atom. The lowest BCUT2D eigenvalue weighted by atomic mass is 10.3. The lowest BCUT2D eigenvalue weighted by molar-refractivity contribution is 0.127. The second-order valence-electron chi connectivity index (χ2n) is 2.36. The summed E-state index contributed by atoms with van der Waals surface area (Å²) in [6.07, 6.45) is 2.97. The van der Waals surface area contributed by atoms with E-state index in [9.17, 15) is 0 Å². The fourth-order valence-electron chi connectivity index (χ4n) is 0.796. The summed E-state index contributed by atoms with van der Waals surface area (Å²) in [6, 6.07) is 3.76. The van der Waals surface area contributed by atoms with Gasteiger partial charge >= 0.3 is 0 Å². The van der Waals surface area contributed by atoms with Crippen molar-refractivity contribution < 1.29 is 5.11 Å². The number of rotatable bonds is 2. The van der Waals surface area contributed by atoms with Crippen molar-refractivity contribution in [2.24, 2.45) is 5.73 Å². The van der Waals surface area contributed by atoms with E-state index in [0.29, 0.717) is 0 Å². The van der Waals surface area contributed by atoms with Crippen molar-refractivity contribution in [1.29, 1.82) is 0 Å². The molecule has 0 aliphatic heterocycles. The summed E-state index contributed by atoms with van der Waals surface area (Å²) in [6.45, 7) is 1.87. The smallest absolute Gasteiger partial charge is 0.123 e. The SMILES string of the molecule is CC(C(N)O)n1cccc1. The zero-order valence-corrected chi connectivity index (χ0v) is 5.94. The number of nitrogens with zero attached hydrogens (tertiary/aromatic N) is 1. The zero-order chi connectivity index (χ0) is 7.56. The monoisotopic (exact) mass is 140 g/mol. The van der Waals surface area contributed by atoms with E-state index in [1.807, 2.05) is 36.0 Å². The second-order valence-corrected chi connectivity index (χ2v) is 2.36. The predicted octanol–water partition coefficient (Wildman–Crippen LogP) is 0.326. The molecule has 0 saturated carbocycles. The molecule has 10 heavy (non-hydrogen) atoms. The van der Waals surface area contributed by atoms with Crippen LogP contribution in [-0.4, -0.2) is 15.9 Å². The summed E-state index contributed by atoms with van der Waals surface area (Å²) in [7, 11) is 0. The van der Waals surface area contributed by atoms with Gasteiger partial charge in [-0.05, 0) is 19.1 Å². The van der Waals surface area contributed by atoms with E-state index in [0.717, 1.165) is 0 Å². The molecule has 0 aliphatic rings. The summed E-state index contributed by atoms with van der Waals surface area (Å²) in [5, 5.41) is 8.95. The standard InChI is InChI=1S/C7H12N2O/c1-6(7(8)10)9-4-2-3-5-9/h2-7,10H,8H2,1H3. The van der Waals surface area contributed by atoms with Crippen LogP contribution < -0.4 is 5.73 Å². The van der Waals surface area contributed by atoms with Crippen molar-refractivity contribution in [1.82, 2.24) is 4.57 Å². The average Bonchev–Trinajstić information content (AvgIpc) is 2.36. The highest BCUT2D eigenvalue weighted by atomic mass is 16.3. The highest BCUT2D eigenvalue weighted by Gasteiger charge is 2.08. The molecule has 2 atom stereocenters. The van der Waals surface area contributed by atoms with Crippen molar-refractivity contribution in [3.05, 3.63) is 24.5 Å². The highest BCUT2D eigenvalue weighted by molar-refractivity contribution is 4.93. The van der Waals surface area contributed by atoms with Crippen molar-refractivity contribution in [2.45, 2.75) is 19.2 Å². The Morgan fingerprint density at radius 1 is 1.40 bits per heavy atom. The Kier molecular flexibility index (Phi) is 2.09. The number of aromatic nitrogens is 1. The molecule has 1 aromatic heterocycles. The average molecular weight is 140 g/mol. The van der Waals surface area contributed by atoms with Gasteiger partial charge in [-0.3, -0.25) is 0 Å². The third-order valence-electron chi connectivity index (χ3n) is 1.59. The van der Waals surface area contributed by atoms with Gasteiger partial charge in [-0.1, -0.05) is 0 Å². The summed E-state index contributed by atoms with van der Waals surface area (Å²) in [5.41, 5.74) is 5.26. The third kappa shape index (κ3) is 1.37.